The van der Waals surface area contributed by atoms with Crippen molar-refractivity contribution in [2.24, 2.45) is 0 Å². The van der Waals surface area contributed by atoms with E-state index in [1.165, 1.54) is 61.2 Å². The van der Waals surface area contributed by atoms with Crippen molar-refractivity contribution >= 4 is 17.1 Å². The molecule has 9 rings (SSSR count). The molecule has 0 radical (unpaired) electrons. The third kappa shape index (κ3) is 5.18. The van der Waals surface area contributed by atoms with Crippen LogP contribution in [0.4, 0.5) is 17.1 Å². The van der Waals surface area contributed by atoms with Gasteiger partial charge in [-0.15, -0.1) is 0 Å². The van der Waals surface area contributed by atoms with E-state index in [9.17, 15) is 0 Å². The molecule has 0 atom stereocenters. The highest BCUT2D eigenvalue weighted by atomic mass is 15.1. The van der Waals surface area contributed by atoms with Crippen LogP contribution in [0.25, 0.3) is 33.4 Å². The summed E-state index contributed by atoms with van der Waals surface area (Å²) in [6, 6.07) is 75.4. The van der Waals surface area contributed by atoms with Crippen molar-refractivity contribution < 1.29 is 0 Å². The highest BCUT2D eigenvalue weighted by molar-refractivity contribution is 5.90. The number of aryl methyl sites for hydroxylation is 1. The van der Waals surface area contributed by atoms with Crippen molar-refractivity contribution in [2.45, 2.75) is 12.3 Å². The Bertz CT molecular complexity index is 2410. The molecule has 51 heavy (non-hydrogen) atoms. The Hall–Kier alpha value is -6.44. The molecule has 0 amide bonds. The van der Waals surface area contributed by atoms with E-state index in [2.05, 4.69) is 218 Å². The number of nitrogens with zero attached hydrogens (tertiary/aromatic N) is 1. The molecular weight excluding hydrogens is 615 g/mol. The van der Waals surface area contributed by atoms with E-state index in [-0.39, 0.29) is 0 Å². The summed E-state index contributed by atoms with van der Waals surface area (Å²) in [6.45, 7) is 2.14. The van der Waals surface area contributed by atoms with Crippen LogP contribution in [-0.2, 0) is 5.41 Å². The lowest BCUT2D eigenvalue weighted by molar-refractivity contribution is 0.769. The summed E-state index contributed by atoms with van der Waals surface area (Å²) in [5.74, 6) is 0. The van der Waals surface area contributed by atoms with Crippen molar-refractivity contribution in [3.63, 3.8) is 0 Å². The molecule has 0 bridgehead atoms. The zero-order valence-electron chi connectivity index (χ0n) is 28.6. The Kier molecular flexibility index (Phi) is 7.67. The molecule has 0 aliphatic heterocycles. The summed E-state index contributed by atoms with van der Waals surface area (Å²) in [4.78, 5) is 2.39. The first-order chi connectivity index (χ1) is 25.2. The smallest absolute Gasteiger partial charge is 0.0713 e. The summed E-state index contributed by atoms with van der Waals surface area (Å²) < 4.78 is 0. The molecule has 0 saturated carbocycles. The first kappa shape index (κ1) is 30.6. The van der Waals surface area contributed by atoms with Crippen molar-refractivity contribution in [1.29, 1.82) is 0 Å². The molecule has 0 fully saturated rings. The molecule has 1 aliphatic carbocycles. The maximum Gasteiger partial charge on any atom is 0.0713 e. The molecule has 0 unspecified atom stereocenters. The van der Waals surface area contributed by atoms with Gasteiger partial charge in [0.05, 0.1) is 11.1 Å². The van der Waals surface area contributed by atoms with Gasteiger partial charge in [0.2, 0.25) is 0 Å². The first-order valence-electron chi connectivity index (χ1n) is 17.7. The van der Waals surface area contributed by atoms with Crippen LogP contribution in [0.2, 0.25) is 0 Å². The van der Waals surface area contributed by atoms with E-state index in [0.29, 0.717) is 0 Å². The Morgan fingerprint density at radius 3 is 1.47 bits per heavy atom. The Morgan fingerprint density at radius 2 is 0.824 bits per heavy atom. The molecule has 242 valence electrons. The topological polar surface area (TPSA) is 3.24 Å². The number of fused-ring (bicyclic) bond motifs is 3. The van der Waals surface area contributed by atoms with Gasteiger partial charge in [0.25, 0.3) is 0 Å². The van der Waals surface area contributed by atoms with Crippen LogP contribution < -0.4 is 4.90 Å². The van der Waals surface area contributed by atoms with Crippen LogP contribution >= 0.6 is 0 Å². The van der Waals surface area contributed by atoms with Gasteiger partial charge < -0.3 is 4.90 Å². The Morgan fingerprint density at radius 1 is 0.353 bits per heavy atom. The SMILES string of the molecule is Cc1ccc(N(c2ccc(-c3ccccc3)cc2)c2ccccc2-c2cccc(C3(c4ccccc4)c4ccccc4-c4ccccc43)c2)cc1. The summed E-state index contributed by atoms with van der Waals surface area (Å²) in [5, 5.41) is 0. The predicted molar refractivity (Wildman–Crippen MR) is 214 cm³/mol. The van der Waals surface area contributed by atoms with Crippen molar-refractivity contribution in [3.8, 4) is 33.4 Å². The average molecular weight is 652 g/mol. The molecule has 0 spiro atoms. The molecule has 8 aromatic rings. The molecule has 0 N–H and O–H groups in total. The fourth-order valence-electron chi connectivity index (χ4n) is 8.10. The highest BCUT2D eigenvalue weighted by Crippen LogP contribution is 2.56. The first-order valence-corrected chi connectivity index (χ1v) is 17.7. The standard InChI is InChI=1S/C50H37N/c1-36-27-31-42(32-28-36)51(43-33-29-38(30-34-43)37-15-4-2-5-16-37)49-26-13-10-21-44(49)39-17-14-20-41(35-39)50(40-18-6-3-7-19-40)47-24-11-8-22-45(47)46-23-9-12-25-48(46)50/h2-35H,1H3. The maximum atomic E-state index is 2.43. The molecule has 1 heteroatoms. The fourth-order valence-corrected chi connectivity index (χ4v) is 8.10. The van der Waals surface area contributed by atoms with Gasteiger partial charge in [0, 0.05) is 16.9 Å². The minimum atomic E-state index is -0.455. The number of para-hydroxylation sites is 1. The monoisotopic (exact) mass is 651 g/mol. The van der Waals surface area contributed by atoms with Crippen LogP contribution in [0.3, 0.4) is 0 Å². The molecule has 8 aromatic carbocycles. The van der Waals surface area contributed by atoms with Crippen LogP contribution in [0, 0.1) is 6.92 Å². The zero-order chi connectivity index (χ0) is 34.2. The van der Waals surface area contributed by atoms with Gasteiger partial charge in [-0.1, -0.05) is 175 Å². The number of hydrogen-bond donors (Lipinski definition) is 0. The Balaban J connectivity index is 1.23. The largest absolute Gasteiger partial charge is 0.310 e. The summed E-state index contributed by atoms with van der Waals surface area (Å²) in [7, 11) is 0. The Labute approximate surface area is 300 Å². The quantitative estimate of drug-likeness (QED) is 0.166. The maximum absolute atomic E-state index is 2.43. The third-order valence-corrected chi connectivity index (χ3v) is 10.4. The number of hydrogen-bond acceptors (Lipinski definition) is 1. The second-order valence-electron chi connectivity index (χ2n) is 13.4. The molecular formula is C50H37N. The summed E-state index contributed by atoms with van der Waals surface area (Å²) in [6.07, 6.45) is 0. The highest BCUT2D eigenvalue weighted by Gasteiger charge is 2.45. The molecule has 0 saturated heterocycles. The number of benzene rings is 8. The summed E-state index contributed by atoms with van der Waals surface area (Å²) >= 11 is 0. The van der Waals surface area contributed by atoms with Crippen LogP contribution in [-0.4, -0.2) is 0 Å². The zero-order valence-corrected chi connectivity index (χ0v) is 28.6. The van der Waals surface area contributed by atoms with Gasteiger partial charge in [-0.2, -0.15) is 0 Å². The van der Waals surface area contributed by atoms with Gasteiger partial charge in [-0.25, -0.2) is 0 Å². The van der Waals surface area contributed by atoms with E-state index in [1.54, 1.807) is 0 Å². The number of rotatable bonds is 7. The lowest BCUT2D eigenvalue weighted by Gasteiger charge is -2.34. The molecule has 1 nitrogen and oxygen atoms in total. The fraction of sp³-hybridized carbons (Fsp3) is 0.0400. The second-order valence-corrected chi connectivity index (χ2v) is 13.4. The van der Waals surface area contributed by atoms with Crippen molar-refractivity contribution in [1.82, 2.24) is 0 Å². The van der Waals surface area contributed by atoms with Crippen LogP contribution in [0.1, 0.15) is 27.8 Å². The number of anilines is 3. The van der Waals surface area contributed by atoms with Gasteiger partial charge in [-0.05, 0) is 93.4 Å². The lowest BCUT2D eigenvalue weighted by atomic mass is 9.67. The van der Waals surface area contributed by atoms with E-state index in [1.807, 2.05) is 0 Å². The van der Waals surface area contributed by atoms with E-state index in [0.717, 1.165) is 17.1 Å². The molecule has 0 aromatic heterocycles. The lowest BCUT2D eigenvalue weighted by Crippen LogP contribution is -2.28. The average Bonchev–Trinajstić information content (AvgIpc) is 3.51. The third-order valence-electron chi connectivity index (χ3n) is 10.4. The van der Waals surface area contributed by atoms with E-state index in [4.69, 9.17) is 0 Å². The van der Waals surface area contributed by atoms with Crippen molar-refractivity contribution in [2.75, 3.05) is 4.90 Å². The van der Waals surface area contributed by atoms with Gasteiger partial charge in [0.15, 0.2) is 0 Å². The molecule has 1 aliphatic rings. The van der Waals surface area contributed by atoms with Crippen LogP contribution in [0.5, 0.6) is 0 Å². The van der Waals surface area contributed by atoms with Gasteiger partial charge >= 0.3 is 0 Å². The van der Waals surface area contributed by atoms with Crippen LogP contribution in [0.15, 0.2) is 206 Å². The minimum Gasteiger partial charge on any atom is -0.310 e. The normalized spacial score (nSPS) is 12.6. The summed E-state index contributed by atoms with van der Waals surface area (Å²) in [5.41, 5.74) is 16.7. The van der Waals surface area contributed by atoms with Crippen molar-refractivity contribution in [3.05, 3.63) is 234 Å². The van der Waals surface area contributed by atoms with Gasteiger partial charge in [0.1, 0.15) is 0 Å². The van der Waals surface area contributed by atoms with Gasteiger partial charge in [-0.3, -0.25) is 0 Å². The second kappa shape index (κ2) is 12.8. The van der Waals surface area contributed by atoms with E-state index >= 15 is 0 Å². The minimum absolute atomic E-state index is 0.455. The van der Waals surface area contributed by atoms with E-state index < -0.39 is 5.41 Å². The molecule has 0 heterocycles. The predicted octanol–water partition coefficient (Wildman–Crippen LogP) is 13.2.